The standard InChI is InChI=1S/C15H12ClFO/c1-10-4-2-3-5-11(10)8-15(18)13-9-12(17)6-7-14(13)16/h2-7,9H,8H2,1H3. The van der Waals surface area contributed by atoms with E-state index >= 15 is 0 Å². The summed E-state index contributed by atoms with van der Waals surface area (Å²) in [5, 5.41) is 0.287. The van der Waals surface area contributed by atoms with Gasteiger partial charge in [-0.1, -0.05) is 35.9 Å². The van der Waals surface area contributed by atoms with Gasteiger partial charge in [-0.15, -0.1) is 0 Å². The molecule has 0 N–H and O–H groups in total. The van der Waals surface area contributed by atoms with Gasteiger partial charge in [0.2, 0.25) is 0 Å². The SMILES string of the molecule is Cc1ccccc1CC(=O)c1cc(F)ccc1Cl. The molecule has 0 aliphatic heterocycles. The second-order valence-corrected chi connectivity index (χ2v) is 4.56. The van der Waals surface area contributed by atoms with E-state index in [-0.39, 0.29) is 22.8 Å². The number of ketones is 1. The third-order valence-corrected chi connectivity index (χ3v) is 3.17. The number of Topliss-reactive ketones (excluding diaryl/α,β-unsaturated/α-hetero) is 1. The average Bonchev–Trinajstić information content (AvgIpc) is 2.35. The first kappa shape index (κ1) is 12.8. The molecule has 0 radical (unpaired) electrons. The fourth-order valence-corrected chi connectivity index (χ4v) is 2.01. The van der Waals surface area contributed by atoms with E-state index < -0.39 is 5.82 Å². The third kappa shape index (κ3) is 2.77. The Labute approximate surface area is 110 Å². The van der Waals surface area contributed by atoms with E-state index in [1.54, 1.807) is 0 Å². The molecular weight excluding hydrogens is 251 g/mol. The van der Waals surface area contributed by atoms with Crippen LogP contribution in [0, 0.1) is 12.7 Å². The van der Waals surface area contributed by atoms with E-state index in [0.717, 1.165) is 11.1 Å². The van der Waals surface area contributed by atoms with Crippen LogP contribution in [0.5, 0.6) is 0 Å². The summed E-state index contributed by atoms with van der Waals surface area (Å²) in [5.41, 5.74) is 2.21. The van der Waals surface area contributed by atoms with Crippen LogP contribution in [0.25, 0.3) is 0 Å². The number of carbonyl (C=O) groups excluding carboxylic acids is 1. The first-order valence-corrected chi connectivity index (χ1v) is 5.98. The predicted molar refractivity (Wildman–Crippen MR) is 70.6 cm³/mol. The zero-order valence-electron chi connectivity index (χ0n) is 9.91. The molecule has 0 atom stereocenters. The molecule has 0 spiro atoms. The van der Waals surface area contributed by atoms with Crippen LogP contribution in [-0.2, 0) is 6.42 Å². The first-order chi connectivity index (χ1) is 8.58. The minimum atomic E-state index is -0.451. The molecule has 0 heterocycles. The average molecular weight is 263 g/mol. The molecule has 2 rings (SSSR count). The van der Waals surface area contributed by atoms with Crippen LogP contribution < -0.4 is 0 Å². The van der Waals surface area contributed by atoms with Crippen molar-refractivity contribution in [2.75, 3.05) is 0 Å². The Morgan fingerprint density at radius 2 is 1.94 bits per heavy atom. The minimum absolute atomic E-state index is 0.172. The van der Waals surface area contributed by atoms with Crippen molar-refractivity contribution < 1.29 is 9.18 Å². The van der Waals surface area contributed by atoms with Crippen molar-refractivity contribution in [2.24, 2.45) is 0 Å². The number of aryl methyl sites for hydroxylation is 1. The van der Waals surface area contributed by atoms with Crippen LogP contribution in [0.15, 0.2) is 42.5 Å². The Morgan fingerprint density at radius 3 is 2.67 bits per heavy atom. The van der Waals surface area contributed by atoms with Crippen LogP contribution in [0.3, 0.4) is 0 Å². The van der Waals surface area contributed by atoms with E-state index in [4.69, 9.17) is 11.6 Å². The molecule has 92 valence electrons. The van der Waals surface area contributed by atoms with Gasteiger partial charge in [-0.05, 0) is 36.2 Å². The number of halogens is 2. The number of rotatable bonds is 3. The normalized spacial score (nSPS) is 10.4. The Bertz CT molecular complexity index is 593. The summed E-state index contributed by atoms with van der Waals surface area (Å²) < 4.78 is 13.1. The maximum Gasteiger partial charge on any atom is 0.168 e. The number of hydrogen-bond donors (Lipinski definition) is 0. The van der Waals surface area contributed by atoms with Crippen LogP contribution in [0.1, 0.15) is 21.5 Å². The van der Waals surface area contributed by atoms with Gasteiger partial charge in [0.1, 0.15) is 5.82 Å². The summed E-state index contributed by atoms with van der Waals surface area (Å²) in [5.74, 6) is -0.624. The number of benzene rings is 2. The minimum Gasteiger partial charge on any atom is -0.294 e. The van der Waals surface area contributed by atoms with Gasteiger partial charge in [0, 0.05) is 12.0 Å². The molecule has 0 bridgehead atoms. The van der Waals surface area contributed by atoms with Crippen LogP contribution >= 0.6 is 11.6 Å². The van der Waals surface area contributed by atoms with Gasteiger partial charge in [0.25, 0.3) is 0 Å². The molecular formula is C15H12ClFO. The van der Waals surface area contributed by atoms with Gasteiger partial charge in [0.05, 0.1) is 5.02 Å². The van der Waals surface area contributed by atoms with Crippen molar-refractivity contribution in [3.05, 3.63) is 70.0 Å². The summed E-state index contributed by atoms with van der Waals surface area (Å²) in [6.45, 7) is 1.94. The Kier molecular flexibility index (Phi) is 3.78. The van der Waals surface area contributed by atoms with E-state index in [1.165, 1.54) is 18.2 Å². The zero-order valence-corrected chi connectivity index (χ0v) is 10.7. The quantitative estimate of drug-likeness (QED) is 0.757. The van der Waals surface area contributed by atoms with Crippen molar-refractivity contribution >= 4 is 17.4 Å². The largest absolute Gasteiger partial charge is 0.294 e. The first-order valence-electron chi connectivity index (χ1n) is 5.60. The fraction of sp³-hybridized carbons (Fsp3) is 0.133. The van der Waals surface area contributed by atoms with Crippen LogP contribution in [0.2, 0.25) is 5.02 Å². The lowest BCUT2D eigenvalue weighted by Crippen LogP contribution is -2.06. The van der Waals surface area contributed by atoms with Crippen molar-refractivity contribution in [1.29, 1.82) is 0 Å². The maximum absolute atomic E-state index is 13.1. The van der Waals surface area contributed by atoms with Gasteiger partial charge in [-0.3, -0.25) is 4.79 Å². The topological polar surface area (TPSA) is 17.1 Å². The van der Waals surface area contributed by atoms with Gasteiger partial charge in [-0.2, -0.15) is 0 Å². The molecule has 0 unspecified atom stereocenters. The van der Waals surface area contributed by atoms with Gasteiger partial charge >= 0.3 is 0 Å². The molecule has 2 aromatic carbocycles. The third-order valence-electron chi connectivity index (χ3n) is 2.84. The highest BCUT2D eigenvalue weighted by Crippen LogP contribution is 2.20. The van der Waals surface area contributed by atoms with Gasteiger partial charge in [-0.25, -0.2) is 4.39 Å². The van der Waals surface area contributed by atoms with Crippen LogP contribution in [0.4, 0.5) is 4.39 Å². The Hall–Kier alpha value is -1.67. The monoisotopic (exact) mass is 262 g/mol. The molecule has 0 aliphatic carbocycles. The molecule has 0 amide bonds. The molecule has 3 heteroatoms. The van der Waals surface area contributed by atoms with E-state index in [9.17, 15) is 9.18 Å². The Morgan fingerprint density at radius 1 is 1.22 bits per heavy atom. The van der Waals surface area contributed by atoms with Crippen molar-refractivity contribution in [2.45, 2.75) is 13.3 Å². The summed E-state index contributed by atoms with van der Waals surface area (Å²) >= 11 is 5.91. The summed E-state index contributed by atoms with van der Waals surface area (Å²) in [4.78, 5) is 12.1. The molecule has 0 saturated carbocycles. The number of carbonyl (C=O) groups is 1. The smallest absolute Gasteiger partial charge is 0.168 e. The second kappa shape index (κ2) is 5.32. The Balaban J connectivity index is 2.28. The highest BCUT2D eigenvalue weighted by atomic mass is 35.5. The van der Waals surface area contributed by atoms with Crippen molar-refractivity contribution in [3.8, 4) is 0 Å². The number of hydrogen-bond acceptors (Lipinski definition) is 1. The van der Waals surface area contributed by atoms with E-state index in [2.05, 4.69) is 0 Å². The summed E-state index contributed by atoms with van der Waals surface area (Å²) in [7, 11) is 0. The van der Waals surface area contributed by atoms with Crippen molar-refractivity contribution in [1.82, 2.24) is 0 Å². The van der Waals surface area contributed by atoms with Gasteiger partial charge in [0.15, 0.2) is 5.78 Å². The maximum atomic E-state index is 13.1. The lowest BCUT2D eigenvalue weighted by atomic mass is 9.99. The predicted octanol–water partition coefficient (Wildman–Crippen LogP) is 4.21. The molecule has 2 aromatic rings. The highest BCUT2D eigenvalue weighted by molar-refractivity contribution is 6.34. The zero-order chi connectivity index (χ0) is 13.1. The fourth-order valence-electron chi connectivity index (χ4n) is 1.79. The van der Waals surface area contributed by atoms with E-state index in [0.29, 0.717) is 0 Å². The molecule has 0 aromatic heterocycles. The lowest BCUT2D eigenvalue weighted by molar-refractivity contribution is 0.0992. The van der Waals surface area contributed by atoms with E-state index in [1.807, 2.05) is 31.2 Å². The molecule has 1 nitrogen and oxygen atoms in total. The highest BCUT2D eigenvalue weighted by Gasteiger charge is 2.13. The molecule has 0 aliphatic rings. The lowest BCUT2D eigenvalue weighted by Gasteiger charge is -2.06. The van der Waals surface area contributed by atoms with Crippen molar-refractivity contribution in [3.63, 3.8) is 0 Å². The summed E-state index contributed by atoms with van der Waals surface area (Å²) in [6.07, 6.45) is 0.232. The molecule has 0 fully saturated rings. The van der Waals surface area contributed by atoms with Gasteiger partial charge < -0.3 is 0 Å². The van der Waals surface area contributed by atoms with Crippen LogP contribution in [-0.4, -0.2) is 5.78 Å². The second-order valence-electron chi connectivity index (χ2n) is 4.15. The molecule has 18 heavy (non-hydrogen) atoms. The molecule has 0 saturated heterocycles. The summed E-state index contributed by atoms with van der Waals surface area (Å²) in [6, 6.07) is 11.5.